The standard InChI is InChI=1S/C20H33N7O4/c1-13(2)22-20(30)23-15-7-16-11-26(9-14-5-6-25(3)24-14)17(19(29)27(16)10-15)8-21-18(28)12-31-4/h5-6,13,15-17H,7-12H2,1-4H3,(H,21,28)(H2,22,23,30)/t15-,16-,17-/m0/s1. The van der Waals surface area contributed by atoms with E-state index < -0.39 is 6.04 Å². The zero-order valence-corrected chi connectivity index (χ0v) is 18.6. The summed E-state index contributed by atoms with van der Waals surface area (Å²) in [7, 11) is 3.31. The minimum atomic E-state index is -0.498. The molecule has 11 heteroatoms. The van der Waals surface area contributed by atoms with Crippen LogP contribution in [0.15, 0.2) is 12.3 Å². The number of aryl methyl sites for hydroxylation is 1. The van der Waals surface area contributed by atoms with Crippen LogP contribution in [0.4, 0.5) is 4.79 Å². The molecule has 1 aromatic rings. The average molecular weight is 436 g/mol. The highest BCUT2D eigenvalue weighted by Gasteiger charge is 2.45. The van der Waals surface area contributed by atoms with Crippen LogP contribution in [0, 0.1) is 0 Å². The molecule has 0 aliphatic carbocycles. The van der Waals surface area contributed by atoms with Gasteiger partial charge in [0.25, 0.3) is 0 Å². The number of ether oxygens (including phenoxy) is 1. The Bertz CT molecular complexity index is 796. The zero-order chi connectivity index (χ0) is 22.5. The van der Waals surface area contributed by atoms with Crippen LogP contribution in [0.25, 0.3) is 0 Å². The lowest BCUT2D eigenvalue weighted by Gasteiger charge is -2.42. The minimum absolute atomic E-state index is 0.00601. The second-order valence-corrected chi connectivity index (χ2v) is 8.51. The van der Waals surface area contributed by atoms with E-state index in [2.05, 4.69) is 25.9 Å². The molecule has 2 aliphatic heterocycles. The van der Waals surface area contributed by atoms with E-state index in [4.69, 9.17) is 4.74 Å². The van der Waals surface area contributed by atoms with Crippen LogP contribution in [0.2, 0.25) is 0 Å². The smallest absolute Gasteiger partial charge is 0.315 e. The number of methoxy groups -OCH3 is 1. The van der Waals surface area contributed by atoms with Crippen molar-refractivity contribution in [3.63, 3.8) is 0 Å². The number of hydrogen-bond acceptors (Lipinski definition) is 6. The number of fused-ring (bicyclic) bond motifs is 1. The van der Waals surface area contributed by atoms with Gasteiger partial charge in [0.05, 0.1) is 11.7 Å². The number of aromatic nitrogens is 2. The highest BCUT2D eigenvalue weighted by Crippen LogP contribution is 2.27. The van der Waals surface area contributed by atoms with E-state index in [0.29, 0.717) is 26.1 Å². The first-order valence-corrected chi connectivity index (χ1v) is 10.6. The second kappa shape index (κ2) is 10.1. The van der Waals surface area contributed by atoms with Crippen LogP contribution in [-0.2, 0) is 27.9 Å². The van der Waals surface area contributed by atoms with Crippen LogP contribution < -0.4 is 16.0 Å². The molecule has 172 valence electrons. The number of amides is 4. The maximum atomic E-state index is 13.3. The summed E-state index contributed by atoms with van der Waals surface area (Å²) < 4.78 is 6.59. The second-order valence-electron chi connectivity index (χ2n) is 8.51. The Kier molecular flexibility index (Phi) is 7.50. The van der Waals surface area contributed by atoms with Crippen LogP contribution in [0.5, 0.6) is 0 Å². The normalized spacial score (nSPS) is 23.7. The Hall–Kier alpha value is -2.66. The molecule has 0 saturated carbocycles. The maximum Gasteiger partial charge on any atom is 0.315 e. The van der Waals surface area contributed by atoms with Crippen molar-refractivity contribution in [3.05, 3.63) is 18.0 Å². The lowest BCUT2D eigenvalue weighted by Crippen LogP contribution is -2.62. The van der Waals surface area contributed by atoms with Gasteiger partial charge < -0.3 is 25.6 Å². The van der Waals surface area contributed by atoms with Crippen LogP contribution in [0.3, 0.4) is 0 Å². The molecule has 3 N–H and O–H groups in total. The lowest BCUT2D eigenvalue weighted by molar-refractivity contribution is -0.144. The third kappa shape index (κ3) is 5.95. The number of carbonyl (C=O) groups is 3. The largest absolute Gasteiger partial charge is 0.375 e. The Morgan fingerprint density at radius 2 is 2.10 bits per heavy atom. The predicted molar refractivity (Wildman–Crippen MR) is 113 cm³/mol. The third-order valence-corrected chi connectivity index (χ3v) is 5.53. The molecule has 2 saturated heterocycles. The zero-order valence-electron chi connectivity index (χ0n) is 18.6. The molecule has 0 bridgehead atoms. The van der Waals surface area contributed by atoms with Gasteiger partial charge in [-0.2, -0.15) is 5.10 Å². The summed E-state index contributed by atoms with van der Waals surface area (Å²) in [4.78, 5) is 41.2. The van der Waals surface area contributed by atoms with Gasteiger partial charge >= 0.3 is 6.03 Å². The molecule has 0 spiro atoms. The summed E-state index contributed by atoms with van der Waals surface area (Å²) in [5.74, 6) is -0.306. The molecule has 3 rings (SSSR count). The number of carbonyl (C=O) groups excluding carboxylic acids is 3. The first kappa shape index (κ1) is 23.0. The Balaban J connectivity index is 1.69. The van der Waals surface area contributed by atoms with E-state index in [9.17, 15) is 14.4 Å². The molecule has 0 aromatic carbocycles. The van der Waals surface area contributed by atoms with Gasteiger partial charge in [-0.05, 0) is 26.3 Å². The molecule has 2 aliphatic rings. The summed E-state index contributed by atoms with van der Waals surface area (Å²) >= 11 is 0. The van der Waals surface area contributed by atoms with E-state index in [1.807, 2.05) is 38.1 Å². The van der Waals surface area contributed by atoms with E-state index in [1.54, 1.807) is 4.68 Å². The summed E-state index contributed by atoms with van der Waals surface area (Å²) in [5.41, 5.74) is 0.862. The van der Waals surface area contributed by atoms with Gasteiger partial charge in [-0.15, -0.1) is 0 Å². The van der Waals surface area contributed by atoms with Crippen molar-refractivity contribution in [2.45, 2.75) is 51.0 Å². The number of nitrogens with one attached hydrogen (secondary N) is 3. The molecule has 1 aromatic heterocycles. The van der Waals surface area contributed by atoms with E-state index in [1.165, 1.54) is 7.11 Å². The van der Waals surface area contributed by atoms with Gasteiger partial charge in [0, 0.05) is 58.6 Å². The Morgan fingerprint density at radius 1 is 1.32 bits per heavy atom. The van der Waals surface area contributed by atoms with Gasteiger partial charge in [0.1, 0.15) is 12.6 Å². The molecule has 0 unspecified atom stereocenters. The highest BCUT2D eigenvalue weighted by atomic mass is 16.5. The number of rotatable bonds is 8. The number of hydrogen-bond donors (Lipinski definition) is 3. The van der Waals surface area contributed by atoms with Crippen molar-refractivity contribution in [2.24, 2.45) is 7.05 Å². The Labute approximate surface area is 182 Å². The van der Waals surface area contributed by atoms with Crippen molar-refractivity contribution in [1.29, 1.82) is 0 Å². The fourth-order valence-electron chi connectivity index (χ4n) is 4.24. The Morgan fingerprint density at radius 3 is 2.74 bits per heavy atom. The fourth-order valence-corrected chi connectivity index (χ4v) is 4.24. The average Bonchev–Trinajstić information content (AvgIpc) is 3.26. The summed E-state index contributed by atoms with van der Waals surface area (Å²) in [5, 5.41) is 13.0. The van der Waals surface area contributed by atoms with Crippen molar-refractivity contribution in [2.75, 3.05) is 33.4 Å². The third-order valence-electron chi connectivity index (χ3n) is 5.53. The molecule has 2 fully saturated rings. The molecular weight excluding hydrogens is 402 g/mol. The molecule has 11 nitrogen and oxygen atoms in total. The summed E-state index contributed by atoms with van der Waals surface area (Å²) in [6, 6.07) is 1.15. The van der Waals surface area contributed by atoms with E-state index in [0.717, 1.165) is 5.69 Å². The summed E-state index contributed by atoms with van der Waals surface area (Å²) in [6.45, 7) is 5.57. The molecule has 3 heterocycles. The van der Waals surface area contributed by atoms with Crippen molar-refractivity contribution in [1.82, 2.24) is 35.5 Å². The SMILES string of the molecule is COCC(=O)NC[C@H]1C(=O)N2C[C@@H](NC(=O)NC(C)C)C[C@H]2CN1Cc1ccn(C)n1. The number of nitrogens with zero attached hydrogens (tertiary/aromatic N) is 4. The number of piperazine rings is 1. The van der Waals surface area contributed by atoms with Crippen LogP contribution >= 0.6 is 0 Å². The van der Waals surface area contributed by atoms with Gasteiger partial charge in [-0.1, -0.05) is 0 Å². The molecule has 0 radical (unpaired) electrons. The molecule has 4 amide bonds. The van der Waals surface area contributed by atoms with Crippen molar-refractivity contribution < 1.29 is 19.1 Å². The molecule has 3 atom stereocenters. The van der Waals surface area contributed by atoms with Gasteiger partial charge in [0.15, 0.2) is 0 Å². The number of urea groups is 1. The van der Waals surface area contributed by atoms with E-state index >= 15 is 0 Å². The van der Waals surface area contributed by atoms with Crippen LogP contribution in [0.1, 0.15) is 26.0 Å². The van der Waals surface area contributed by atoms with Crippen molar-refractivity contribution >= 4 is 17.8 Å². The first-order valence-electron chi connectivity index (χ1n) is 10.6. The maximum absolute atomic E-state index is 13.3. The predicted octanol–water partition coefficient (Wildman–Crippen LogP) is -0.956. The lowest BCUT2D eigenvalue weighted by atomic mass is 10.0. The van der Waals surface area contributed by atoms with E-state index in [-0.39, 0.29) is 49.1 Å². The quantitative estimate of drug-likeness (QED) is 0.484. The minimum Gasteiger partial charge on any atom is -0.375 e. The van der Waals surface area contributed by atoms with Crippen LogP contribution in [-0.4, -0.2) is 94.9 Å². The molecule has 31 heavy (non-hydrogen) atoms. The first-order chi connectivity index (χ1) is 14.8. The molecular formula is C20H33N7O4. The van der Waals surface area contributed by atoms with Gasteiger partial charge in [-0.3, -0.25) is 19.2 Å². The highest BCUT2D eigenvalue weighted by molar-refractivity contribution is 5.85. The van der Waals surface area contributed by atoms with Crippen molar-refractivity contribution in [3.8, 4) is 0 Å². The van der Waals surface area contributed by atoms with Gasteiger partial charge in [-0.25, -0.2) is 4.79 Å². The monoisotopic (exact) mass is 435 g/mol. The fraction of sp³-hybridized carbons (Fsp3) is 0.700. The topological polar surface area (TPSA) is 121 Å². The van der Waals surface area contributed by atoms with Gasteiger partial charge in [0.2, 0.25) is 11.8 Å². The summed E-state index contributed by atoms with van der Waals surface area (Å²) in [6.07, 6.45) is 2.56.